The zero-order valence-corrected chi connectivity index (χ0v) is 13.2. The molecule has 6 nitrogen and oxygen atoms in total. The summed E-state index contributed by atoms with van der Waals surface area (Å²) in [6.07, 6.45) is 4.71. The van der Waals surface area contributed by atoms with Crippen molar-refractivity contribution in [2.75, 3.05) is 26.2 Å². The topological polar surface area (TPSA) is 83.7 Å². The van der Waals surface area contributed by atoms with Crippen LogP contribution >= 0.6 is 11.3 Å². The van der Waals surface area contributed by atoms with E-state index in [1.54, 1.807) is 9.80 Å². The van der Waals surface area contributed by atoms with Gasteiger partial charge in [0.1, 0.15) is 4.88 Å². The monoisotopic (exact) mass is 321 g/mol. The van der Waals surface area contributed by atoms with Gasteiger partial charge in [0, 0.05) is 31.1 Å². The summed E-state index contributed by atoms with van der Waals surface area (Å²) >= 11 is 1.38. The molecular weight excluding hydrogens is 302 g/mol. The van der Waals surface area contributed by atoms with Crippen LogP contribution in [0.15, 0.2) is 0 Å². The van der Waals surface area contributed by atoms with Gasteiger partial charge in [0.25, 0.3) is 11.8 Å². The normalized spacial score (nSPS) is 18.0. The molecule has 2 heterocycles. The molecule has 0 atom stereocenters. The lowest BCUT2D eigenvalue weighted by Gasteiger charge is -2.33. The van der Waals surface area contributed by atoms with Gasteiger partial charge in [-0.05, 0) is 31.2 Å². The molecule has 1 aliphatic carbocycles. The number of thiophene rings is 1. The second-order valence-electron chi connectivity index (χ2n) is 5.71. The van der Waals surface area contributed by atoms with Crippen LogP contribution in [0.4, 0.5) is 0 Å². The number of piperazine rings is 1. The Bertz CT molecular complexity index is 618. The van der Waals surface area contributed by atoms with Crippen molar-refractivity contribution in [2.45, 2.75) is 25.7 Å². The maximum atomic E-state index is 12.9. The van der Waals surface area contributed by atoms with E-state index < -0.39 is 5.91 Å². The van der Waals surface area contributed by atoms with E-state index in [1.807, 2.05) is 0 Å². The highest BCUT2D eigenvalue weighted by atomic mass is 32.1. The van der Waals surface area contributed by atoms with Crippen molar-refractivity contribution in [1.82, 2.24) is 9.80 Å². The van der Waals surface area contributed by atoms with Gasteiger partial charge in [-0.1, -0.05) is 0 Å². The van der Waals surface area contributed by atoms with Crippen LogP contribution in [0.5, 0.6) is 0 Å². The number of fused-ring (bicyclic) bond motifs is 1. The average Bonchev–Trinajstić information content (AvgIpc) is 2.94. The zero-order valence-electron chi connectivity index (χ0n) is 12.3. The average molecular weight is 321 g/mol. The molecule has 1 aromatic heterocycles. The van der Waals surface area contributed by atoms with E-state index in [4.69, 9.17) is 5.73 Å². The van der Waals surface area contributed by atoms with Gasteiger partial charge in [-0.2, -0.15) is 0 Å². The summed E-state index contributed by atoms with van der Waals surface area (Å²) in [6.45, 7) is 2.07. The maximum Gasteiger partial charge on any atom is 0.259 e. The fraction of sp³-hybridized carbons (Fsp3) is 0.533. The van der Waals surface area contributed by atoms with Gasteiger partial charge < -0.3 is 15.5 Å². The Morgan fingerprint density at radius 2 is 1.77 bits per heavy atom. The fourth-order valence-electron chi connectivity index (χ4n) is 3.15. The van der Waals surface area contributed by atoms with Crippen molar-refractivity contribution in [3.8, 4) is 0 Å². The lowest BCUT2D eigenvalue weighted by Crippen LogP contribution is -2.48. The van der Waals surface area contributed by atoms with Crippen molar-refractivity contribution in [2.24, 2.45) is 5.73 Å². The SMILES string of the molecule is NC(=O)c1sc2c(c1C(=O)N1CCN(C=O)CC1)CCCC2. The highest BCUT2D eigenvalue weighted by Crippen LogP contribution is 2.35. The Morgan fingerprint density at radius 1 is 1.09 bits per heavy atom. The molecule has 7 heteroatoms. The molecule has 0 bridgehead atoms. The van der Waals surface area contributed by atoms with E-state index in [9.17, 15) is 14.4 Å². The Hall–Kier alpha value is -1.89. The first-order chi connectivity index (χ1) is 10.6. The number of aryl methyl sites for hydroxylation is 1. The summed E-state index contributed by atoms with van der Waals surface area (Å²) in [6, 6.07) is 0. The molecular formula is C15H19N3O3S. The molecule has 0 radical (unpaired) electrons. The minimum absolute atomic E-state index is 0.112. The summed E-state index contributed by atoms with van der Waals surface area (Å²) in [4.78, 5) is 40.3. The third kappa shape index (κ3) is 2.61. The number of hydrogen-bond acceptors (Lipinski definition) is 4. The van der Waals surface area contributed by atoms with Crippen LogP contribution in [-0.4, -0.2) is 54.2 Å². The molecule has 1 aromatic rings. The predicted molar refractivity (Wildman–Crippen MR) is 83.0 cm³/mol. The van der Waals surface area contributed by atoms with Crippen LogP contribution in [0.25, 0.3) is 0 Å². The van der Waals surface area contributed by atoms with Crippen LogP contribution in [0.1, 0.15) is 43.3 Å². The van der Waals surface area contributed by atoms with Crippen molar-refractivity contribution in [1.29, 1.82) is 0 Å². The number of amides is 3. The second kappa shape index (κ2) is 6.08. The Morgan fingerprint density at radius 3 is 2.41 bits per heavy atom. The van der Waals surface area contributed by atoms with E-state index in [2.05, 4.69) is 0 Å². The summed E-state index contributed by atoms with van der Waals surface area (Å²) in [5.41, 5.74) is 7.03. The van der Waals surface area contributed by atoms with Gasteiger partial charge in [0.15, 0.2) is 0 Å². The van der Waals surface area contributed by atoms with Crippen LogP contribution in [0, 0.1) is 0 Å². The van der Waals surface area contributed by atoms with Gasteiger partial charge >= 0.3 is 0 Å². The van der Waals surface area contributed by atoms with Crippen LogP contribution in [-0.2, 0) is 17.6 Å². The molecule has 0 spiro atoms. The van der Waals surface area contributed by atoms with E-state index in [-0.39, 0.29) is 5.91 Å². The quantitative estimate of drug-likeness (QED) is 0.829. The van der Waals surface area contributed by atoms with Gasteiger partial charge in [0.05, 0.1) is 5.56 Å². The summed E-state index contributed by atoms with van der Waals surface area (Å²) < 4.78 is 0. The largest absolute Gasteiger partial charge is 0.365 e. The van der Waals surface area contributed by atoms with Crippen molar-refractivity contribution >= 4 is 29.6 Å². The number of nitrogens with zero attached hydrogens (tertiary/aromatic N) is 2. The first kappa shape index (κ1) is 15.0. The van der Waals surface area contributed by atoms with E-state index in [0.717, 1.165) is 42.5 Å². The van der Waals surface area contributed by atoms with E-state index >= 15 is 0 Å². The van der Waals surface area contributed by atoms with Gasteiger partial charge in [-0.15, -0.1) is 11.3 Å². The van der Waals surface area contributed by atoms with Crippen LogP contribution in [0.3, 0.4) is 0 Å². The fourth-order valence-corrected chi connectivity index (χ4v) is 4.39. The Labute approximate surface area is 132 Å². The molecule has 3 amide bonds. The molecule has 0 saturated carbocycles. The van der Waals surface area contributed by atoms with Gasteiger partial charge in [-0.25, -0.2) is 0 Å². The number of carbonyl (C=O) groups is 3. The van der Waals surface area contributed by atoms with Crippen LogP contribution < -0.4 is 5.73 Å². The Kier molecular flexibility index (Phi) is 4.15. The number of nitrogens with two attached hydrogens (primary N) is 1. The zero-order chi connectivity index (χ0) is 15.7. The molecule has 2 N–H and O–H groups in total. The molecule has 1 fully saturated rings. The van der Waals surface area contributed by atoms with Crippen LogP contribution in [0.2, 0.25) is 0 Å². The molecule has 2 aliphatic rings. The van der Waals surface area contributed by atoms with E-state index in [1.165, 1.54) is 11.3 Å². The highest BCUT2D eigenvalue weighted by Gasteiger charge is 2.31. The molecule has 0 aromatic carbocycles. The summed E-state index contributed by atoms with van der Waals surface area (Å²) in [5.74, 6) is -0.631. The lowest BCUT2D eigenvalue weighted by atomic mass is 9.94. The molecule has 22 heavy (non-hydrogen) atoms. The number of primary amides is 1. The predicted octanol–water partition coefficient (Wildman–Crippen LogP) is 0.640. The van der Waals surface area contributed by atoms with Crippen molar-refractivity contribution in [3.05, 3.63) is 20.9 Å². The number of rotatable bonds is 3. The molecule has 1 saturated heterocycles. The molecule has 3 rings (SSSR count). The minimum atomic E-state index is -0.519. The van der Waals surface area contributed by atoms with Gasteiger partial charge in [-0.3, -0.25) is 14.4 Å². The number of carbonyl (C=O) groups excluding carboxylic acids is 3. The molecule has 1 aliphatic heterocycles. The first-order valence-electron chi connectivity index (χ1n) is 7.54. The van der Waals surface area contributed by atoms with Crippen molar-refractivity contribution < 1.29 is 14.4 Å². The lowest BCUT2D eigenvalue weighted by molar-refractivity contribution is -0.119. The number of hydrogen-bond donors (Lipinski definition) is 1. The molecule has 0 unspecified atom stereocenters. The third-order valence-corrected chi connectivity index (χ3v) is 5.67. The first-order valence-corrected chi connectivity index (χ1v) is 8.36. The second-order valence-corrected chi connectivity index (χ2v) is 6.82. The van der Waals surface area contributed by atoms with Gasteiger partial charge in [0.2, 0.25) is 6.41 Å². The van der Waals surface area contributed by atoms with Crippen molar-refractivity contribution in [3.63, 3.8) is 0 Å². The summed E-state index contributed by atoms with van der Waals surface area (Å²) in [7, 11) is 0. The maximum absolute atomic E-state index is 12.9. The molecule has 118 valence electrons. The summed E-state index contributed by atoms with van der Waals surface area (Å²) in [5, 5.41) is 0. The standard InChI is InChI=1S/C15H19N3O3S/c16-14(20)13-12(10-3-1-2-4-11(10)22-13)15(21)18-7-5-17(9-19)6-8-18/h9H,1-8H2,(H2,16,20). The highest BCUT2D eigenvalue weighted by molar-refractivity contribution is 7.14. The minimum Gasteiger partial charge on any atom is -0.365 e. The third-order valence-electron chi connectivity index (χ3n) is 4.36. The smallest absolute Gasteiger partial charge is 0.259 e. The van der Waals surface area contributed by atoms with E-state index in [0.29, 0.717) is 36.6 Å². The Balaban J connectivity index is 1.90.